The minimum atomic E-state index is -1.96. The summed E-state index contributed by atoms with van der Waals surface area (Å²) in [5.41, 5.74) is 1.90. The van der Waals surface area contributed by atoms with E-state index in [0.29, 0.717) is 35.2 Å². The predicted octanol–water partition coefficient (Wildman–Crippen LogP) is 7.51. The zero-order valence-electron chi connectivity index (χ0n) is 24.6. The lowest BCUT2D eigenvalue weighted by molar-refractivity contribution is -0.165. The molecule has 0 aromatic heterocycles. The highest BCUT2D eigenvalue weighted by molar-refractivity contribution is 6.84. The van der Waals surface area contributed by atoms with Crippen molar-refractivity contribution in [3.8, 4) is 0 Å². The molecule has 0 radical (unpaired) electrons. The molecule has 6 heteroatoms. The fourth-order valence-electron chi connectivity index (χ4n) is 9.42. The van der Waals surface area contributed by atoms with Crippen LogP contribution in [0.4, 0.5) is 0 Å². The van der Waals surface area contributed by atoms with Gasteiger partial charge in [0.15, 0.2) is 5.41 Å². The molecule has 2 aliphatic heterocycles. The van der Waals surface area contributed by atoms with Crippen LogP contribution in [0.5, 0.6) is 0 Å². The third-order valence-electron chi connectivity index (χ3n) is 10.7. The molecule has 5 atom stereocenters. The zero-order chi connectivity index (χ0) is 28.2. The Hall–Kier alpha value is -2.44. The SMILES string of the molecule is CC(C)[Si](C(C)C)(C(C)C)[C@@H]1C[C@@H]2[C@](C(=O)OCc3ccccc3)(C1)C(=O)N1[C@@H](c3ccccc3)CO[C@]21C. The van der Waals surface area contributed by atoms with Crippen LogP contribution in [-0.2, 0) is 25.7 Å². The molecule has 2 aromatic rings. The first kappa shape index (κ1) is 28.1. The first-order valence-electron chi connectivity index (χ1n) is 14.7. The summed E-state index contributed by atoms with van der Waals surface area (Å²) in [6.07, 6.45) is 1.41. The van der Waals surface area contributed by atoms with Gasteiger partial charge in [0.2, 0.25) is 5.91 Å². The second-order valence-corrected chi connectivity index (χ2v) is 19.4. The number of hydrogen-bond acceptors (Lipinski definition) is 4. The number of benzene rings is 2. The maximum Gasteiger partial charge on any atom is 0.322 e. The number of ether oxygens (including phenoxy) is 2. The van der Waals surface area contributed by atoms with Crippen LogP contribution in [0.2, 0.25) is 22.2 Å². The number of amides is 1. The number of esters is 1. The third kappa shape index (κ3) is 4.04. The molecule has 5 rings (SSSR count). The van der Waals surface area contributed by atoms with E-state index in [4.69, 9.17) is 9.47 Å². The summed E-state index contributed by atoms with van der Waals surface area (Å²) in [7, 11) is -1.96. The molecule has 3 aliphatic rings. The number of fused-ring (bicyclic) bond motifs is 3. The Morgan fingerprint density at radius 2 is 1.54 bits per heavy atom. The average Bonchev–Trinajstić information content (AvgIpc) is 3.52. The highest BCUT2D eigenvalue weighted by Crippen LogP contribution is 2.69. The standard InChI is InChI=1S/C33H45NO4Si/c1-22(2)39(23(3)4,24(5)6)27-18-29-32(7)34(28(21-38-32)26-16-12-9-13-17-26)30(35)33(29,19-27)31(36)37-20-25-14-10-8-11-15-25/h8-17,22-24,27-29H,18-21H2,1-7H3/t27-,28-,29+,32-,33-/m1/s1. The van der Waals surface area contributed by atoms with Gasteiger partial charge in [-0.15, -0.1) is 0 Å². The number of carbonyl (C=O) groups excluding carboxylic acids is 2. The van der Waals surface area contributed by atoms with E-state index in [1.165, 1.54) is 0 Å². The van der Waals surface area contributed by atoms with E-state index in [0.717, 1.165) is 17.5 Å². The zero-order valence-corrected chi connectivity index (χ0v) is 25.6. The van der Waals surface area contributed by atoms with Crippen LogP contribution in [0.1, 0.15) is 78.5 Å². The molecule has 210 valence electrons. The number of hydrogen-bond donors (Lipinski definition) is 0. The molecule has 2 aromatic carbocycles. The molecule has 0 N–H and O–H groups in total. The monoisotopic (exact) mass is 547 g/mol. The molecule has 5 nitrogen and oxygen atoms in total. The van der Waals surface area contributed by atoms with Crippen LogP contribution >= 0.6 is 0 Å². The lowest BCUT2D eigenvalue weighted by Crippen LogP contribution is -2.50. The van der Waals surface area contributed by atoms with Crippen molar-refractivity contribution in [2.24, 2.45) is 11.3 Å². The minimum Gasteiger partial charge on any atom is -0.460 e. The summed E-state index contributed by atoms with van der Waals surface area (Å²) in [6.45, 7) is 16.9. The summed E-state index contributed by atoms with van der Waals surface area (Å²) in [5, 5.41) is 0. The van der Waals surface area contributed by atoms with Gasteiger partial charge < -0.3 is 14.4 Å². The van der Waals surface area contributed by atoms with E-state index in [1.54, 1.807) is 0 Å². The van der Waals surface area contributed by atoms with Crippen LogP contribution in [-0.4, -0.2) is 37.2 Å². The van der Waals surface area contributed by atoms with E-state index < -0.39 is 19.2 Å². The first-order valence-corrected chi connectivity index (χ1v) is 17.1. The van der Waals surface area contributed by atoms with Gasteiger partial charge in [-0.05, 0) is 36.4 Å². The van der Waals surface area contributed by atoms with E-state index in [1.807, 2.05) is 53.4 Å². The summed E-state index contributed by atoms with van der Waals surface area (Å²) < 4.78 is 12.7. The predicted molar refractivity (Wildman–Crippen MR) is 157 cm³/mol. The van der Waals surface area contributed by atoms with Gasteiger partial charge in [0.25, 0.3) is 0 Å². The molecule has 0 bridgehead atoms. The van der Waals surface area contributed by atoms with E-state index in [9.17, 15) is 9.59 Å². The Labute approximate surface area is 235 Å². The Balaban J connectivity index is 1.58. The molecular weight excluding hydrogens is 502 g/mol. The summed E-state index contributed by atoms with van der Waals surface area (Å²) in [5.74, 6) is -0.697. The van der Waals surface area contributed by atoms with Gasteiger partial charge in [0, 0.05) is 5.92 Å². The van der Waals surface area contributed by atoms with Crippen molar-refractivity contribution in [3.63, 3.8) is 0 Å². The lowest BCUT2D eigenvalue weighted by Gasteiger charge is -2.49. The molecule has 2 saturated heterocycles. The Kier molecular flexibility index (Phi) is 7.34. The molecule has 2 heterocycles. The van der Waals surface area contributed by atoms with Crippen molar-refractivity contribution >= 4 is 20.0 Å². The molecule has 0 unspecified atom stereocenters. The van der Waals surface area contributed by atoms with Crippen LogP contribution in [0, 0.1) is 11.3 Å². The average molecular weight is 548 g/mol. The highest BCUT2D eigenvalue weighted by Gasteiger charge is 2.77. The first-order chi connectivity index (χ1) is 18.5. The highest BCUT2D eigenvalue weighted by atomic mass is 28.3. The Bertz CT molecular complexity index is 1180. The Morgan fingerprint density at radius 1 is 0.974 bits per heavy atom. The van der Waals surface area contributed by atoms with Crippen LogP contribution < -0.4 is 0 Å². The lowest BCUT2D eigenvalue weighted by atomic mass is 9.76. The molecule has 1 saturated carbocycles. The fraction of sp³-hybridized carbons (Fsp3) is 0.576. The molecule has 3 fully saturated rings. The van der Waals surface area contributed by atoms with Gasteiger partial charge in [-0.2, -0.15) is 0 Å². The van der Waals surface area contributed by atoms with Crippen molar-refractivity contribution in [3.05, 3.63) is 71.8 Å². The van der Waals surface area contributed by atoms with Crippen molar-refractivity contribution in [1.29, 1.82) is 0 Å². The molecule has 1 amide bonds. The van der Waals surface area contributed by atoms with Gasteiger partial charge >= 0.3 is 5.97 Å². The quantitative estimate of drug-likeness (QED) is 0.195. The van der Waals surface area contributed by atoms with Crippen molar-refractivity contribution in [2.45, 2.75) is 102 Å². The smallest absolute Gasteiger partial charge is 0.322 e. The molecule has 39 heavy (non-hydrogen) atoms. The third-order valence-corrected chi connectivity index (χ3v) is 18.6. The van der Waals surface area contributed by atoms with E-state index in [-0.39, 0.29) is 30.4 Å². The second-order valence-electron chi connectivity index (χ2n) is 13.2. The summed E-state index contributed by atoms with van der Waals surface area (Å²) in [6, 6.07) is 19.6. The molecule has 1 aliphatic carbocycles. The maximum atomic E-state index is 14.8. The van der Waals surface area contributed by atoms with Gasteiger partial charge in [0.1, 0.15) is 12.3 Å². The van der Waals surface area contributed by atoms with E-state index in [2.05, 4.69) is 60.6 Å². The molecular formula is C33H45NO4Si. The van der Waals surface area contributed by atoms with Crippen molar-refractivity contribution in [1.82, 2.24) is 4.90 Å². The van der Waals surface area contributed by atoms with Crippen molar-refractivity contribution < 1.29 is 19.1 Å². The normalized spacial score (nSPS) is 30.4. The van der Waals surface area contributed by atoms with Crippen LogP contribution in [0.3, 0.4) is 0 Å². The maximum absolute atomic E-state index is 14.8. The number of carbonyl (C=O) groups is 2. The van der Waals surface area contributed by atoms with Crippen LogP contribution in [0.25, 0.3) is 0 Å². The molecule has 0 spiro atoms. The van der Waals surface area contributed by atoms with Gasteiger partial charge in [-0.1, -0.05) is 119 Å². The Morgan fingerprint density at radius 3 is 2.10 bits per heavy atom. The number of rotatable bonds is 8. The van der Waals surface area contributed by atoms with E-state index >= 15 is 0 Å². The van der Waals surface area contributed by atoms with Gasteiger partial charge in [-0.3, -0.25) is 9.59 Å². The second kappa shape index (κ2) is 10.2. The van der Waals surface area contributed by atoms with Gasteiger partial charge in [-0.25, -0.2) is 0 Å². The minimum absolute atomic E-state index is 0.0962. The largest absolute Gasteiger partial charge is 0.460 e. The topological polar surface area (TPSA) is 55.8 Å². The summed E-state index contributed by atoms with van der Waals surface area (Å²) >= 11 is 0. The van der Waals surface area contributed by atoms with Gasteiger partial charge in [0.05, 0.1) is 20.7 Å². The fourth-order valence-corrected chi connectivity index (χ4v) is 17.6. The van der Waals surface area contributed by atoms with Crippen molar-refractivity contribution in [2.75, 3.05) is 6.61 Å². The van der Waals surface area contributed by atoms with Crippen LogP contribution in [0.15, 0.2) is 60.7 Å². The number of nitrogens with zero attached hydrogens (tertiary/aromatic N) is 1. The summed E-state index contributed by atoms with van der Waals surface area (Å²) in [4.78, 5) is 31.0.